The first-order valence-corrected chi connectivity index (χ1v) is 9.11. The van der Waals surface area contributed by atoms with E-state index in [4.69, 9.17) is 24.2 Å². The summed E-state index contributed by atoms with van der Waals surface area (Å²) in [6.45, 7) is 0.347. The van der Waals surface area contributed by atoms with Gasteiger partial charge in [0.2, 0.25) is 0 Å². The molecule has 8 nitrogen and oxygen atoms in total. The molecular formula is C21H19FN2O6. The van der Waals surface area contributed by atoms with E-state index >= 15 is 0 Å². The number of fused-ring (bicyclic) bond motifs is 1. The first-order valence-electron chi connectivity index (χ1n) is 9.11. The summed E-state index contributed by atoms with van der Waals surface area (Å²) in [4.78, 5) is 26.2. The molecule has 1 heterocycles. The Hall–Kier alpha value is -3.80. The van der Waals surface area contributed by atoms with Gasteiger partial charge < -0.3 is 23.8 Å². The van der Waals surface area contributed by atoms with E-state index in [1.54, 1.807) is 18.2 Å². The zero-order valence-corrected chi connectivity index (χ0v) is 16.2. The van der Waals surface area contributed by atoms with Crippen molar-refractivity contribution in [3.05, 3.63) is 47.8 Å². The summed E-state index contributed by atoms with van der Waals surface area (Å²) in [6.07, 6.45) is 0.0812. The van der Waals surface area contributed by atoms with Crippen LogP contribution in [0.25, 0.3) is 0 Å². The van der Waals surface area contributed by atoms with E-state index in [1.165, 1.54) is 24.1 Å². The minimum absolute atomic E-state index is 0.0103. The molecule has 0 saturated heterocycles. The summed E-state index contributed by atoms with van der Waals surface area (Å²) in [6, 6.07) is 10.5. The minimum Gasteiger partial charge on any atom is -0.494 e. The summed E-state index contributed by atoms with van der Waals surface area (Å²) in [7, 11) is 1.31. The highest BCUT2D eigenvalue weighted by molar-refractivity contribution is 5.97. The molecule has 3 rings (SSSR count). The van der Waals surface area contributed by atoms with Gasteiger partial charge in [0, 0.05) is 18.3 Å². The Labute approximate surface area is 172 Å². The predicted molar refractivity (Wildman–Crippen MR) is 103 cm³/mol. The van der Waals surface area contributed by atoms with Gasteiger partial charge in [-0.15, -0.1) is 0 Å². The number of anilines is 1. The maximum absolute atomic E-state index is 13.8. The van der Waals surface area contributed by atoms with Crippen LogP contribution < -0.4 is 19.1 Å². The van der Waals surface area contributed by atoms with Gasteiger partial charge in [-0.2, -0.15) is 5.26 Å². The first-order chi connectivity index (χ1) is 14.5. The highest BCUT2D eigenvalue weighted by Gasteiger charge is 2.21. The third-order valence-electron chi connectivity index (χ3n) is 4.30. The van der Waals surface area contributed by atoms with Crippen LogP contribution in [0.1, 0.15) is 16.8 Å². The lowest BCUT2D eigenvalue weighted by Crippen LogP contribution is -2.35. The molecule has 156 valence electrons. The number of ether oxygens (including phenoxy) is 4. The minimum atomic E-state index is -0.854. The molecule has 30 heavy (non-hydrogen) atoms. The second-order valence-corrected chi connectivity index (χ2v) is 6.21. The number of nitriles is 1. The van der Waals surface area contributed by atoms with Crippen LogP contribution in [0.15, 0.2) is 36.4 Å². The van der Waals surface area contributed by atoms with Crippen molar-refractivity contribution in [1.29, 1.82) is 5.26 Å². The van der Waals surface area contributed by atoms with Crippen LogP contribution in [0.4, 0.5) is 10.1 Å². The van der Waals surface area contributed by atoms with Gasteiger partial charge in [-0.25, -0.2) is 9.18 Å². The maximum atomic E-state index is 13.8. The second kappa shape index (κ2) is 9.60. The average molecular weight is 414 g/mol. The van der Waals surface area contributed by atoms with E-state index in [-0.39, 0.29) is 24.3 Å². The molecule has 1 amide bonds. The van der Waals surface area contributed by atoms with Crippen molar-refractivity contribution in [3.63, 3.8) is 0 Å². The van der Waals surface area contributed by atoms with E-state index in [1.807, 2.05) is 6.07 Å². The quantitative estimate of drug-likeness (QED) is 0.643. The maximum Gasteiger partial charge on any atom is 0.338 e. The van der Waals surface area contributed by atoms with Crippen LogP contribution in [0.3, 0.4) is 0 Å². The smallest absolute Gasteiger partial charge is 0.338 e. The third kappa shape index (κ3) is 4.78. The summed E-state index contributed by atoms with van der Waals surface area (Å²) in [5.41, 5.74) is 0.426. The zero-order valence-electron chi connectivity index (χ0n) is 16.2. The highest BCUT2D eigenvalue weighted by Crippen LogP contribution is 2.34. The normalized spacial score (nSPS) is 11.9. The van der Waals surface area contributed by atoms with Crippen LogP contribution in [0, 0.1) is 17.1 Å². The Morgan fingerprint density at radius 1 is 1.17 bits per heavy atom. The molecule has 0 unspecified atom stereocenters. The van der Waals surface area contributed by atoms with E-state index in [0.29, 0.717) is 30.4 Å². The largest absolute Gasteiger partial charge is 0.494 e. The summed E-state index contributed by atoms with van der Waals surface area (Å²) < 4.78 is 34.6. The molecule has 0 spiro atoms. The fourth-order valence-corrected chi connectivity index (χ4v) is 2.84. The van der Waals surface area contributed by atoms with E-state index in [9.17, 15) is 14.0 Å². The number of esters is 1. The number of hydrogen-bond donors (Lipinski definition) is 0. The Morgan fingerprint density at radius 2 is 1.93 bits per heavy atom. The van der Waals surface area contributed by atoms with Crippen LogP contribution in [-0.4, -0.2) is 45.4 Å². The molecule has 0 fully saturated rings. The molecule has 0 saturated carbocycles. The lowest BCUT2D eigenvalue weighted by atomic mass is 10.2. The Morgan fingerprint density at radius 3 is 2.63 bits per heavy atom. The summed E-state index contributed by atoms with van der Waals surface area (Å²) in [5, 5.41) is 8.91. The van der Waals surface area contributed by atoms with E-state index in [2.05, 4.69) is 0 Å². The monoisotopic (exact) mass is 414 g/mol. The van der Waals surface area contributed by atoms with Gasteiger partial charge in [0.15, 0.2) is 29.7 Å². The number of amides is 1. The van der Waals surface area contributed by atoms with Crippen molar-refractivity contribution in [3.8, 4) is 23.3 Å². The van der Waals surface area contributed by atoms with Gasteiger partial charge in [0.1, 0.15) is 13.2 Å². The molecule has 0 atom stereocenters. The number of carbonyl (C=O) groups is 2. The van der Waals surface area contributed by atoms with E-state index in [0.717, 1.165) is 6.07 Å². The van der Waals surface area contributed by atoms with Crippen molar-refractivity contribution in [2.24, 2.45) is 0 Å². The first kappa shape index (κ1) is 20.9. The molecule has 2 aromatic carbocycles. The Balaban J connectivity index is 1.70. The number of hydrogen-bond acceptors (Lipinski definition) is 7. The summed E-state index contributed by atoms with van der Waals surface area (Å²) >= 11 is 0. The molecule has 1 aliphatic heterocycles. The van der Waals surface area contributed by atoms with Crippen LogP contribution in [0.2, 0.25) is 0 Å². The van der Waals surface area contributed by atoms with Gasteiger partial charge in [-0.05, 0) is 30.3 Å². The molecule has 0 aliphatic carbocycles. The lowest BCUT2D eigenvalue weighted by Gasteiger charge is -2.24. The van der Waals surface area contributed by atoms with Crippen LogP contribution >= 0.6 is 0 Å². The van der Waals surface area contributed by atoms with Crippen LogP contribution in [-0.2, 0) is 9.53 Å². The highest BCUT2D eigenvalue weighted by atomic mass is 19.1. The van der Waals surface area contributed by atoms with Gasteiger partial charge in [0.25, 0.3) is 5.91 Å². The van der Waals surface area contributed by atoms with Gasteiger partial charge >= 0.3 is 5.97 Å². The van der Waals surface area contributed by atoms with Gasteiger partial charge in [-0.1, -0.05) is 0 Å². The topological polar surface area (TPSA) is 98.1 Å². The van der Waals surface area contributed by atoms with Gasteiger partial charge in [0.05, 0.1) is 25.2 Å². The van der Waals surface area contributed by atoms with Crippen molar-refractivity contribution in [2.45, 2.75) is 6.42 Å². The Kier molecular flexibility index (Phi) is 6.70. The predicted octanol–water partition coefficient (Wildman–Crippen LogP) is 2.71. The second-order valence-electron chi connectivity index (χ2n) is 6.21. The molecular weight excluding hydrogens is 395 g/mol. The van der Waals surface area contributed by atoms with E-state index < -0.39 is 24.3 Å². The SMILES string of the molecule is COc1ccc(C(=O)OCC(=O)N(CCC#N)c2ccc3c(c2)OCCO3)cc1F. The fraction of sp³-hybridized carbons (Fsp3) is 0.286. The van der Waals surface area contributed by atoms with Crippen molar-refractivity contribution < 1.29 is 32.9 Å². The fourth-order valence-electron chi connectivity index (χ4n) is 2.84. The van der Waals surface area contributed by atoms with Gasteiger partial charge in [-0.3, -0.25) is 4.79 Å². The number of nitrogens with zero attached hydrogens (tertiary/aromatic N) is 2. The van der Waals surface area contributed by atoms with Crippen molar-refractivity contribution >= 4 is 17.6 Å². The molecule has 0 bridgehead atoms. The van der Waals surface area contributed by atoms with Crippen molar-refractivity contribution in [2.75, 3.05) is 38.4 Å². The average Bonchev–Trinajstić information content (AvgIpc) is 2.77. The third-order valence-corrected chi connectivity index (χ3v) is 4.30. The number of carbonyl (C=O) groups excluding carboxylic acids is 2. The Bertz CT molecular complexity index is 988. The standard InChI is InChI=1S/C21H19FN2O6/c1-27-17-5-3-14(11-16(17)22)21(26)30-13-20(25)24(8-2-7-23)15-4-6-18-19(12-15)29-10-9-28-18/h3-6,11-12H,2,8-10,13H2,1H3. The molecule has 2 aromatic rings. The molecule has 0 N–H and O–H groups in total. The molecule has 9 heteroatoms. The number of rotatable bonds is 7. The molecule has 0 radical (unpaired) electrons. The van der Waals surface area contributed by atoms with Crippen LogP contribution in [0.5, 0.6) is 17.2 Å². The number of halogens is 1. The number of methoxy groups -OCH3 is 1. The molecule has 1 aliphatic rings. The van der Waals surface area contributed by atoms with Crippen molar-refractivity contribution in [1.82, 2.24) is 0 Å². The number of benzene rings is 2. The summed E-state index contributed by atoms with van der Waals surface area (Å²) in [5.74, 6) is -1.07. The zero-order chi connectivity index (χ0) is 21.5. The molecule has 0 aromatic heterocycles. The lowest BCUT2D eigenvalue weighted by molar-refractivity contribution is -0.121.